The zero-order valence-electron chi connectivity index (χ0n) is 15.8. The van der Waals surface area contributed by atoms with Crippen LogP contribution in [0.4, 0.5) is 8.78 Å². The van der Waals surface area contributed by atoms with Gasteiger partial charge in [-0.1, -0.05) is 54.6 Å². The maximum atomic E-state index is 13.6. The van der Waals surface area contributed by atoms with Crippen LogP contribution in [0.3, 0.4) is 0 Å². The van der Waals surface area contributed by atoms with Crippen molar-refractivity contribution in [1.82, 2.24) is 14.5 Å². The zero-order valence-corrected chi connectivity index (χ0v) is 15.8. The van der Waals surface area contributed by atoms with E-state index in [1.54, 1.807) is 43.4 Å². The van der Waals surface area contributed by atoms with Gasteiger partial charge in [0.1, 0.15) is 5.82 Å². The highest BCUT2D eigenvalue weighted by molar-refractivity contribution is 5.94. The molecule has 0 radical (unpaired) electrons. The fourth-order valence-electron chi connectivity index (χ4n) is 3.36. The molecule has 0 saturated carbocycles. The monoisotopic (exact) mass is 391 g/mol. The normalized spacial score (nSPS) is 11.2. The Morgan fingerprint density at radius 1 is 0.931 bits per heavy atom. The van der Waals surface area contributed by atoms with Crippen molar-refractivity contribution < 1.29 is 13.6 Å². The molecule has 4 nitrogen and oxygen atoms in total. The Morgan fingerprint density at radius 2 is 1.55 bits per heavy atom. The van der Waals surface area contributed by atoms with Gasteiger partial charge < -0.3 is 4.90 Å². The standard InChI is InChI=1S/C23H19F2N3O/c1-27(15-21-26-19-9-5-6-10-20(19)28(21)23(24)25)22(29)18-13-11-17(12-14-18)16-7-3-2-4-8-16/h2-14,23H,15H2,1H3. The first-order valence-corrected chi connectivity index (χ1v) is 9.19. The zero-order chi connectivity index (χ0) is 20.4. The number of aromatic nitrogens is 2. The summed E-state index contributed by atoms with van der Waals surface area (Å²) < 4.78 is 28.1. The smallest absolute Gasteiger partial charge is 0.320 e. The molecule has 0 atom stereocenters. The van der Waals surface area contributed by atoms with Crippen LogP contribution in [0.2, 0.25) is 0 Å². The number of carbonyl (C=O) groups excluding carboxylic acids is 1. The highest BCUT2D eigenvalue weighted by Gasteiger charge is 2.21. The molecule has 1 aromatic heterocycles. The topological polar surface area (TPSA) is 38.1 Å². The van der Waals surface area contributed by atoms with Gasteiger partial charge in [0, 0.05) is 12.6 Å². The number of imidazole rings is 1. The van der Waals surface area contributed by atoms with Crippen molar-refractivity contribution in [2.45, 2.75) is 13.1 Å². The van der Waals surface area contributed by atoms with Gasteiger partial charge in [-0.15, -0.1) is 0 Å². The van der Waals surface area contributed by atoms with Gasteiger partial charge in [-0.25, -0.2) is 4.98 Å². The van der Waals surface area contributed by atoms with E-state index in [4.69, 9.17) is 0 Å². The Hall–Kier alpha value is -3.54. The third kappa shape index (κ3) is 3.74. The second-order valence-corrected chi connectivity index (χ2v) is 6.77. The number of nitrogens with zero attached hydrogens (tertiary/aromatic N) is 3. The Morgan fingerprint density at radius 3 is 2.24 bits per heavy atom. The lowest BCUT2D eigenvalue weighted by Crippen LogP contribution is -2.27. The second-order valence-electron chi connectivity index (χ2n) is 6.77. The molecule has 6 heteroatoms. The first-order chi connectivity index (χ1) is 14.0. The highest BCUT2D eigenvalue weighted by atomic mass is 19.3. The molecule has 1 amide bonds. The first-order valence-electron chi connectivity index (χ1n) is 9.19. The molecule has 29 heavy (non-hydrogen) atoms. The lowest BCUT2D eigenvalue weighted by Gasteiger charge is -2.18. The summed E-state index contributed by atoms with van der Waals surface area (Å²) in [6.07, 6.45) is 0. The van der Waals surface area contributed by atoms with Crippen molar-refractivity contribution >= 4 is 16.9 Å². The number of hydrogen-bond acceptors (Lipinski definition) is 2. The van der Waals surface area contributed by atoms with E-state index < -0.39 is 6.55 Å². The first kappa shape index (κ1) is 18.8. The van der Waals surface area contributed by atoms with Crippen LogP contribution >= 0.6 is 0 Å². The molecule has 0 unspecified atom stereocenters. The molecule has 0 aliphatic carbocycles. The lowest BCUT2D eigenvalue weighted by molar-refractivity contribution is 0.0646. The van der Waals surface area contributed by atoms with Gasteiger partial charge in [0.2, 0.25) is 0 Å². The van der Waals surface area contributed by atoms with Crippen LogP contribution in [0.25, 0.3) is 22.2 Å². The summed E-state index contributed by atoms with van der Waals surface area (Å²) in [5.74, 6) is -0.101. The van der Waals surface area contributed by atoms with Crippen LogP contribution in [0.1, 0.15) is 22.7 Å². The van der Waals surface area contributed by atoms with E-state index in [1.165, 1.54) is 4.90 Å². The quantitative estimate of drug-likeness (QED) is 0.459. The van der Waals surface area contributed by atoms with E-state index in [1.807, 2.05) is 42.5 Å². The van der Waals surface area contributed by atoms with Crippen molar-refractivity contribution in [3.63, 3.8) is 0 Å². The van der Waals surface area contributed by atoms with Crippen LogP contribution in [0.15, 0.2) is 78.9 Å². The maximum Gasteiger partial charge on any atom is 0.320 e. The minimum atomic E-state index is -2.73. The fourth-order valence-corrected chi connectivity index (χ4v) is 3.36. The summed E-state index contributed by atoms with van der Waals surface area (Å²) in [6.45, 7) is -2.75. The van der Waals surface area contributed by atoms with Gasteiger partial charge in [0.15, 0.2) is 0 Å². The van der Waals surface area contributed by atoms with Crippen molar-refractivity contribution in [3.05, 3.63) is 90.3 Å². The average Bonchev–Trinajstić information content (AvgIpc) is 3.12. The van der Waals surface area contributed by atoms with Gasteiger partial charge in [-0.3, -0.25) is 9.36 Å². The number of halogens is 2. The van der Waals surface area contributed by atoms with Crippen LogP contribution in [-0.4, -0.2) is 27.4 Å². The number of fused-ring (bicyclic) bond motifs is 1. The predicted octanol–water partition coefficient (Wildman–Crippen LogP) is 5.37. The maximum absolute atomic E-state index is 13.6. The summed E-state index contributed by atoms with van der Waals surface area (Å²) >= 11 is 0. The van der Waals surface area contributed by atoms with Gasteiger partial charge in [-0.05, 0) is 35.4 Å². The molecule has 0 aliphatic heterocycles. The van der Waals surface area contributed by atoms with Crippen molar-refractivity contribution in [2.24, 2.45) is 0 Å². The molecular formula is C23H19F2N3O. The Labute approximate surface area is 167 Å². The van der Waals surface area contributed by atoms with Crippen LogP contribution in [0.5, 0.6) is 0 Å². The molecular weight excluding hydrogens is 372 g/mol. The van der Waals surface area contributed by atoms with E-state index in [2.05, 4.69) is 4.98 Å². The molecule has 0 N–H and O–H groups in total. The third-order valence-electron chi connectivity index (χ3n) is 4.83. The lowest BCUT2D eigenvalue weighted by atomic mass is 10.0. The van der Waals surface area contributed by atoms with Crippen molar-refractivity contribution in [1.29, 1.82) is 0 Å². The Balaban J connectivity index is 1.56. The van der Waals surface area contributed by atoms with E-state index in [9.17, 15) is 13.6 Å². The Bertz CT molecular complexity index is 1140. The number of hydrogen-bond donors (Lipinski definition) is 0. The highest BCUT2D eigenvalue weighted by Crippen LogP contribution is 2.24. The summed E-state index contributed by atoms with van der Waals surface area (Å²) in [4.78, 5) is 18.5. The van der Waals surface area contributed by atoms with Gasteiger partial charge in [-0.2, -0.15) is 8.78 Å². The van der Waals surface area contributed by atoms with E-state index >= 15 is 0 Å². The van der Waals surface area contributed by atoms with Crippen LogP contribution < -0.4 is 0 Å². The van der Waals surface area contributed by atoms with Crippen LogP contribution in [0, 0.1) is 0 Å². The molecule has 0 bridgehead atoms. The minimum absolute atomic E-state index is 0.0156. The second kappa shape index (κ2) is 7.83. The van der Waals surface area contributed by atoms with Crippen molar-refractivity contribution in [2.75, 3.05) is 7.05 Å². The summed E-state index contributed by atoms with van der Waals surface area (Å²) in [5, 5.41) is 0. The number of benzene rings is 3. The summed E-state index contributed by atoms with van der Waals surface area (Å²) in [6, 6.07) is 23.8. The predicted molar refractivity (Wildman–Crippen MR) is 109 cm³/mol. The average molecular weight is 391 g/mol. The van der Waals surface area contributed by atoms with Gasteiger partial charge in [0.25, 0.3) is 5.91 Å². The number of para-hydroxylation sites is 2. The number of rotatable bonds is 5. The molecule has 0 saturated heterocycles. The van der Waals surface area contributed by atoms with E-state index in [0.29, 0.717) is 16.6 Å². The minimum Gasteiger partial charge on any atom is -0.334 e. The number of amides is 1. The molecule has 4 rings (SSSR count). The van der Waals surface area contributed by atoms with Gasteiger partial charge in [0.05, 0.1) is 17.6 Å². The summed E-state index contributed by atoms with van der Waals surface area (Å²) in [5.41, 5.74) is 3.39. The Kier molecular flexibility index (Phi) is 5.08. The number of alkyl halides is 2. The summed E-state index contributed by atoms with van der Waals surface area (Å²) in [7, 11) is 1.59. The third-order valence-corrected chi connectivity index (χ3v) is 4.83. The SMILES string of the molecule is CN(Cc1nc2ccccc2n1C(F)F)C(=O)c1ccc(-c2ccccc2)cc1. The van der Waals surface area contributed by atoms with E-state index in [-0.39, 0.29) is 18.3 Å². The number of carbonyl (C=O) groups is 1. The van der Waals surface area contributed by atoms with Gasteiger partial charge >= 0.3 is 6.55 Å². The molecule has 0 fully saturated rings. The van der Waals surface area contributed by atoms with Crippen LogP contribution in [-0.2, 0) is 6.54 Å². The molecule has 0 spiro atoms. The molecule has 3 aromatic carbocycles. The fraction of sp³-hybridized carbons (Fsp3) is 0.130. The molecule has 0 aliphatic rings. The van der Waals surface area contributed by atoms with E-state index in [0.717, 1.165) is 15.7 Å². The molecule has 4 aromatic rings. The van der Waals surface area contributed by atoms with Crippen molar-refractivity contribution in [3.8, 4) is 11.1 Å². The largest absolute Gasteiger partial charge is 0.334 e. The molecule has 1 heterocycles. The molecule has 146 valence electrons.